The van der Waals surface area contributed by atoms with Crippen LogP contribution in [0.1, 0.15) is 22.3 Å². The summed E-state index contributed by atoms with van der Waals surface area (Å²) in [4.78, 5) is 30.5. The Morgan fingerprint density at radius 2 is 2.14 bits per heavy atom. The molecule has 0 spiro atoms. The molecule has 1 saturated heterocycles. The molecule has 1 atom stereocenters. The molecule has 0 bridgehead atoms. The zero-order valence-corrected chi connectivity index (χ0v) is 15.7. The average Bonchev–Trinajstić information content (AvgIpc) is 3.35. The van der Waals surface area contributed by atoms with E-state index < -0.39 is 11.4 Å². The van der Waals surface area contributed by atoms with Gasteiger partial charge in [-0.15, -0.1) is 0 Å². The lowest BCUT2D eigenvalue weighted by Gasteiger charge is -2.23. The van der Waals surface area contributed by atoms with Crippen LogP contribution in [0, 0.1) is 5.41 Å². The molecule has 1 aromatic heterocycles. The van der Waals surface area contributed by atoms with Crippen LogP contribution in [0.25, 0.3) is 11.1 Å². The molecule has 0 radical (unpaired) electrons. The number of carboxylic acids is 1. The van der Waals surface area contributed by atoms with E-state index in [1.54, 1.807) is 11.1 Å². The Hall–Kier alpha value is -2.93. The van der Waals surface area contributed by atoms with Gasteiger partial charge in [0.05, 0.1) is 18.8 Å². The molecule has 7 nitrogen and oxygen atoms in total. The van der Waals surface area contributed by atoms with Crippen molar-refractivity contribution in [3.8, 4) is 16.9 Å². The van der Waals surface area contributed by atoms with Gasteiger partial charge in [0.2, 0.25) is 0 Å². The molecule has 1 N–H and O–H groups in total. The molecule has 3 heterocycles. The number of aromatic nitrogens is 1. The summed E-state index contributed by atoms with van der Waals surface area (Å²) < 4.78 is 10.6. The Kier molecular flexibility index (Phi) is 4.77. The third kappa shape index (κ3) is 3.22. The molecule has 2 aliphatic heterocycles. The molecule has 2 aliphatic rings. The number of amides is 1. The molecule has 28 heavy (non-hydrogen) atoms. The fraction of sp³-hybridized carbons (Fsp3) is 0.381. The number of carboxylic acid groups (broad SMARTS) is 1. The standard InChI is InChI=1S/C21H22N2O5/c1-27-13-21(20(25)26)5-6-23(12-21)19(24)17-9-16(10-22-11-17)14-2-3-18-15(8-14)4-7-28-18/h2-3,8-11H,4-7,12-13H2,1H3,(H,25,26). The van der Waals surface area contributed by atoms with E-state index in [0.717, 1.165) is 28.9 Å². The number of fused-ring (bicyclic) bond motifs is 1. The van der Waals surface area contributed by atoms with Gasteiger partial charge in [-0.2, -0.15) is 0 Å². The van der Waals surface area contributed by atoms with Crippen LogP contribution in [-0.2, 0) is 16.0 Å². The van der Waals surface area contributed by atoms with Crippen LogP contribution in [0.3, 0.4) is 0 Å². The molecular weight excluding hydrogens is 360 g/mol. The van der Waals surface area contributed by atoms with Crippen LogP contribution >= 0.6 is 0 Å². The van der Waals surface area contributed by atoms with Gasteiger partial charge in [-0.1, -0.05) is 6.07 Å². The van der Waals surface area contributed by atoms with E-state index in [-0.39, 0.29) is 19.1 Å². The normalized spacial score (nSPS) is 20.7. The highest BCUT2D eigenvalue weighted by Gasteiger charge is 2.46. The summed E-state index contributed by atoms with van der Waals surface area (Å²) in [6.45, 7) is 1.29. The third-order valence-corrected chi connectivity index (χ3v) is 5.52. The number of carbonyl (C=O) groups excluding carboxylic acids is 1. The first kappa shape index (κ1) is 18.4. The number of ether oxygens (including phenoxy) is 2. The van der Waals surface area contributed by atoms with Gasteiger partial charge >= 0.3 is 5.97 Å². The zero-order valence-electron chi connectivity index (χ0n) is 15.7. The Labute approximate surface area is 162 Å². The van der Waals surface area contributed by atoms with E-state index >= 15 is 0 Å². The highest BCUT2D eigenvalue weighted by atomic mass is 16.5. The van der Waals surface area contributed by atoms with Gasteiger partial charge in [-0.3, -0.25) is 14.6 Å². The first-order chi connectivity index (χ1) is 13.5. The number of hydrogen-bond donors (Lipinski definition) is 1. The van der Waals surface area contributed by atoms with Crippen LogP contribution in [0.5, 0.6) is 5.75 Å². The number of pyridine rings is 1. The van der Waals surface area contributed by atoms with Gasteiger partial charge in [0, 0.05) is 44.6 Å². The topological polar surface area (TPSA) is 89.0 Å². The van der Waals surface area contributed by atoms with Crippen molar-refractivity contribution in [2.75, 3.05) is 33.4 Å². The number of carbonyl (C=O) groups is 2. The van der Waals surface area contributed by atoms with Crippen molar-refractivity contribution in [3.05, 3.63) is 47.8 Å². The minimum Gasteiger partial charge on any atom is -0.493 e. The molecular formula is C21H22N2O5. The minimum atomic E-state index is -1.05. The monoisotopic (exact) mass is 382 g/mol. The molecule has 146 valence electrons. The Bertz CT molecular complexity index is 929. The molecule has 0 aliphatic carbocycles. The lowest BCUT2D eigenvalue weighted by molar-refractivity contribution is -0.151. The number of rotatable bonds is 5. The van der Waals surface area contributed by atoms with Crippen molar-refractivity contribution in [2.24, 2.45) is 5.41 Å². The van der Waals surface area contributed by atoms with Crippen molar-refractivity contribution in [1.82, 2.24) is 9.88 Å². The smallest absolute Gasteiger partial charge is 0.313 e. The number of benzene rings is 1. The largest absolute Gasteiger partial charge is 0.493 e. The SMILES string of the molecule is COCC1(C(=O)O)CCN(C(=O)c2cncc(-c3ccc4c(c3)CCO4)c2)C1. The highest BCUT2D eigenvalue weighted by molar-refractivity contribution is 5.96. The van der Waals surface area contributed by atoms with E-state index in [9.17, 15) is 14.7 Å². The predicted octanol–water partition coefficient (Wildman–Crippen LogP) is 2.25. The Balaban J connectivity index is 1.56. The van der Waals surface area contributed by atoms with E-state index in [1.807, 2.05) is 18.2 Å². The van der Waals surface area contributed by atoms with E-state index in [4.69, 9.17) is 9.47 Å². The van der Waals surface area contributed by atoms with Crippen LogP contribution in [-0.4, -0.2) is 60.3 Å². The van der Waals surface area contributed by atoms with Gasteiger partial charge in [0.25, 0.3) is 5.91 Å². The van der Waals surface area contributed by atoms with Gasteiger partial charge in [-0.25, -0.2) is 0 Å². The molecule has 7 heteroatoms. The summed E-state index contributed by atoms with van der Waals surface area (Å²) in [6, 6.07) is 7.78. The van der Waals surface area contributed by atoms with Crippen LogP contribution in [0.2, 0.25) is 0 Å². The van der Waals surface area contributed by atoms with Gasteiger partial charge in [0.15, 0.2) is 0 Å². The fourth-order valence-electron chi connectivity index (χ4n) is 3.94. The van der Waals surface area contributed by atoms with Crippen LogP contribution in [0.4, 0.5) is 0 Å². The molecule has 2 aromatic rings. The number of nitrogens with zero attached hydrogens (tertiary/aromatic N) is 2. The summed E-state index contributed by atoms with van der Waals surface area (Å²) >= 11 is 0. The van der Waals surface area contributed by atoms with Crippen molar-refractivity contribution < 1.29 is 24.2 Å². The van der Waals surface area contributed by atoms with E-state index in [2.05, 4.69) is 11.1 Å². The molecule has 1 fully saturated rings. The summed E-state index contributed by atoms with van der Waals surface area (Å²) in [5.41, 5.74) is 2.38. The zero-order chi connectivity index (χ0) is 19.7. The van der Waals surface area contributed by atoms with Crippen molar-refractivity contribution in [1.29, 1.82) is 0 Å². The maximum Gasteiger partial charge on any atom is 0.313 e. The molecule has 1 amide bonds. The summed E-state index contributed by atoms with van der Waals surface area (Å²) in [6.07, 6.45) is 4.50. The minimum absolute atomic E-state index is 0.0849. The summed E-state index contributed by atoms with van der Waals surface area (Å²) in [5.74, 6) is -0.237. The summed E-state index contributed by atoms with van der Waals surface area (Å²) in [7, 11) is 1.48. The second-order valence-electron chi connectivity index (χ2n) is 7.38. The number of aliphatic carboxylic acids is 1. The Morgan fingerprint density at radius 1 is 1.29 bits per heavy atom. The van der Waals surface area contributed by atoms with Gasteiger partial charge in [0.1, 0.15) is 11.2 Å². The molecule has 4 rings (SSSR count). The quantitative estimate of drug-likeness (QED) is 0.853. The number of likely N-dealkylation sites (tertiary alicyclic amines) is 1. The maximum atomic E-state index is 13.0. The first-order valence-electron chi connectivity index (χ1n) is 9.25. The lowest BCUT2D eigenvalue weighted by atomic mass is 9.88. The van der Waals surface area contributed by atoms with Crippen molar-refractivity contribution in [2.45, 2.75) is 12.8 Å². The second-order valence-corrected chi connectivity index (χ2v) is 7.38. The number of hydrogen-bond acceptors (Lipinski definition) is 5. The fourth-order valence-corrected chi connectivity index (χ4v) is 3.94. The first-order valence-corrected chi connectivity index (χ1v) is 9.25. The van der Waals surface area contributed by atoms with Gasteiger partial charge < -0.3 is 19.5 Å². The van der Waals surface area contributed by atoms with Gasteiger partial charge in [-0.05, 0) is 35.7 Å². The van der Waals surface area contributed by atoms with Crippen molar-refractivity contribution in [3.63, 3.8) is 0 Å². The lowest BCUT2D eigenvalue weighted by Crippen LogP contribution is -2.40. The Morgan fingerprint density at radius 3 is 2.93 bits per heavy atom. The van der Waals surface area contributed by atoms with E-state index in [0.29, 0.717) is 25.1 Å². The maximum absolute atomic E-state index is 13.0. The van der Waals surface area contributed by atoms with Crippen LogP contribution < -0.4 is 4.74 Å². The highest BCUT2D eigenvalue weighted by Crippen LogP contribution is 2.33. The molecule has 1 aromatic carbocycles. The number of methoxy groups -OCH3 is 1. The third-order valence-electron chi connectivity index (χ3n) is 5.52. The molecule has 1 unspecified atom stereocenters. The predicted molar refractivity (Wildman–Crippen MR) is 101 cm³/mol. The van der Waals surface area contributed by atoms with Crippen LogP contribution in [0.15, 0.2) is 36.7 Å². The van der Waals surface area contributed by atoms with Crippen molar-refractivity contribution >= 4 is 11.9 Å². The van der Waals surface area contributed by atoms with E-state index in [1.165, 1.54) is 13.3 Å². The average molecular weight is 382 g/mol. The summed E-state index contributed by atoms with van der Waals surface area (Å²) in [5, 5.41) is 9.59. The second kappa shape index (κ2) is 7.24. The molecule has 0 saturated carbocycles.